The number of alkyl halides is 2. The summed E-state index contributed by atoms with van der Waals surface area (Å²) >= 11 is 6.43. The van der Waals surface area contributed by atoms with Gasteiger partial charge in [0, 0.05) is 131 Å². The van der Waals surface area contributed by atoms with E-state index in [2.05, 4.69) is 71.2 Å². The van der Waals surface area contributed by atoms with E-state index < -0.39 is 6.43 Å². The molecule has 6 aliphatic heterocycles. The number of fused-ring (bicyclic) bond motifs is 2. The van der Waals surface area contributed by atoms with Crippen LogP contribution in [0.4, 0.5) is 37.6 Å². The van der Waals surface area contributed by atoms with Crippen molar-refractivity contribution in [2.75, 3.05) is 85.0 Å². The minimum absolute atomic E-state index is 0.0526. The molecule has 3 aromatic heterocycles. The zero-order chi connectivity index (χ0) is 46.7. The molecular formula is C52H64ClF2N13. The van der Waals surface area contributed by atoms with Gasteiger partial charge < -0.3 is 19.6 Å². The lowest BCUT2D eigenvalue weighted by atomic mass is 9.77. The Morgan fingerprint density at radius 1 is 0.897 bits per heavy atom. The molecule has 358 valence electrons. The number of rotatable bonds is 9. The van der Waals surface area contributed by atoms with Crippen LogP contribution in [0.2, 0.25) is 5.02 Å². The highest BCUT2D eigenvalue weighted by molar-refractivity contribution is 6.32. The van der Waals surface area contributed by atoms with Gasteiger partial charge in [-0.15, -0.1) is 10.2 Å². The summed E-state index contributed by atoms with van der Waals surface area (Å²) in [4.78, 5) is 14.8. The first kappa shape index (κ1) is 45.2. The van der Waals surface area contributed by atoms with Crippen LogP contribution >= 0.6 is 11.6 Å². The number of aromatic nitrogens is 6. The second-order valence-corrected chi connectivity index (χ2v) is 20.9. The van der Waals surface area contributed by atoms with Gasteiger partial charge in [-0.05, 0) is 130 Å². The van der Waals surface area contributed by atoms with Crippen molar-refractivity contribution in [1.29, 1.82) is 5.26 Å². The largest absolute Gasteiger partial charge is 0.368 e. The molecule has 0 amide bonds. The normalized spacial score (nSPS) is 22.6. The third-order valence-corrected chi connectivity index (χ3v) is 16.8. The van der Waals surface area contributed by atoms with Crippen molar-refractivity contribution in [2.24, 2.45) is 12.5 Å². The molecule has 11 rings (SSSR count). The van der Waals surface area contributed by atoms with E-state index in [1.54, 1.807) is 16.9 Å². The predicted octanol–water partition coefficient (Wildman–Crippen LogP) is 9.19. The highest BCUT2D eigenvalue weighted by Crippen LogP contribution is 2.47. The minimum atomic E-state index is -2.60. The van der Waals surface area contributed by atoms with Gasteiger partial charge in [-0.2, -0.15) is 15.5 Å². The van der Waals surface area contributed by atoms with Crippen LogP contribution in [-0.2, 0) is 26.4 Å². The van der Waals surface area contributed by atoms with Gasteiger partial charge in [0.25, 0.3) is 6.43 Å². The van der Waals surface area contributed by atoms with E-state index in [9.17, 15) is 14.0 Å². The summed E-state index contributed by atoms with van der Waals surface area (Å²) in [6.07, 6.45) is 11.4. The molecule has 0 unspecified atom stereocenters. The highest BCUT2D eigenvalue weighted by atomic mass is 35.5. The number of anilines is 5. The lowest BCUT2D eigenvalue weighted by Crippen LogP contribution is -2.51. The highest BCUT2D eigenvalue weighted by Gasteiger charge is 2.45. The predicted molar refractivity (Wildman–Crippen MR) is 264 cm³/mol. The van der Waals surface area contributed by atoms with Crippen molar-refractivity contribution < 1.29 is 8.78 Å². The number of nitrogens with zero attached hydrogens (tertiary/aromatic N) is 13. The van der Waals surface area contributed by atoms with Crippen molar-refractivity contribution in [3.63, 3.8) is 0 Å². The first-order valence-electron chi connectivity index (χ1n) is 25.1. The number of aryl methyl sites for hydroxylation is 2. The molecule has 9 heterocycles. The standard InChI is InChI=1S/C52H64ClF2N13/c1-4-62-20-15-46-44(33-62)51(66-19-5-7-36-25-42(38-30-57-61(3)31-38)43(50(54)55)27-47(36)66)60-68(46)39-13-21-63(22-14-39)41-8-6-18-65(32-41)49-12-11-48(58-59-49)64-23-16-52(17-24-64)28-35(2)67(34-52)40-10-9-37(29-56)45(53)26-40/h9-12,25-27,30-31,35,39,41,50H,4-8,13-24,28,32-34H2,1-3H3/t35-,41-/m0/s1. The minimum Gasteiger partial charge on any atom is -0.368 e. The van der Waals surface area contributed by atoms with Gasteiger partial charge >= 0.3 is 0 Å². The van der Waals surface area contributed by atoms with Crippen LogP contribution in [0, 0.1) is 16.7 Å². The number of nitriles is 1. The maximum Gasteiger partial charge on any atom is 0.264 e. The first-order valence-corrected chi connectivity index (χ1v) is 25.5. The molecular weight excluding hydrogens is 880 g/mol. The first-order chi connectivity index (χ1) is 33.1. The fourth-order valence-electron chi connectivity index (χ4n) is 12.8. The van der Waals surface area contributed by atoms with Crippen LogP contribution in [0.15, 0.2) is 54.9 Å². The molecule has 68 heavy (non-hydrogen) atoms. The number of benzene rings is 2. The van der Waals surface area contributed by atoms with Gasteiger partial charge in [0.2, 0.25) is 0 Å². The summed E-state index contributed by atoms with van der Waals surface area (Å²) in [7, 11) is 1.82. The molecule has 2 aromatic carbocycles. The monoisotopic (exact) mass is 944 g/mol. The number of hydrogen-bond donors (Lipinski definition) is 0. The van der Waals surface area contributed by atoms with Gasteiger partial charge in [0.15, 0.2) is 17.5 Å². The second kappa shape index (κ2) is 18.6. The fraction of sp³-hybridized carbons (Fsp3) is 0.558. The van der Waals surface area contributed by atoms with Crippen molar-refractivity contribution in [2.45, 2.75) is 109 Å². The van der Waals surface area contributed by atoms with Crippen LogP contribution in [0.3, 0.4) is 0 Å². The molecule has 0 saturated carbocycles. The maximum atomic E-state index is 14.8. The lowest BCUT2D eigenvalue weighted by Gasteiger charge is -2.43. The average Bonchev–Trinajstić information content (AvgIpc) is 4.07. The van der Waals surface area contributed by atoms with E-state index in [0.717, 1.165) is 170 Å². The molecule has 6 aliphatic rings. The maximum absolute atomic E-state index is 14.8. The van der Waals surface area contributed by atoms with Crippen molar-refractivity contribution in [3.05, 3.63) is 87.8 Å². The van der Waals surface area contributed by atoms with E-state index >= 15 is 0 Å². The summed E-state index contributed by atoms with van der Waals surface area (Å²) < 4.78 is 33.7. The van der Waals surface area contributed by atoms with Crippen LogP contribution in [0.1, 0.15) is 106 Å². The molecule has 2 atom stereocenters. The zero-order valence-corrected chi connectivity index (χ0v) is 40.6. The lowest BCUT2D eigenvalue weighted by molar-refractivity contribution is 0.117. The molecule has 13 nitrogen and oxygen atoms in total. The molecule has 1 spiro atoms. The Balaban J connectivity index is 0.735. The van der Waals surface area contributed by atoms with Gasteiger partial charge in [0.1, 0.15) is 6.07 Å². The summed E-state index contributed by atoms with van der Waals surface area (Å²) in [5, 5.41) is 29.3. The second-order valence-electron chi connectivity index (χ2n) is 20.5. The molecule has 0 N–H and O–H groups in total. The number of halogens is 3. The quantitative estimate of drug-likeness (QED) is 0.141. The van der Waals surface area contributed by atoms with Crippen LogP contribution < -0.4 is 19.6 Å². The Labute approximate surface area is 404 Å². The number of hydrogen-bond acceptors (Lipinski definition) is 11. The molecule has 4 saturated heterocycles. The Bertz CT molecular complexity index is 2660. The van der Waals surface area contributed by atoms with Gasteiger partial charge in [0.05, 0.1) is 22.8 Å². The average molecular weight is 945 g/mol. The van der Waals surface area contributed by atoms with Crippen LogP contribution in [0.25, 0.3) is 11.1 Å². The fourth-order valence-corrected chi connectivity index (χ4v) is 13.0. The summed E-state index contributed by atoms with van der Waals surface area (Å²) in [5.41, 5.74) is 7.79. The summed E-state index contributed by atoms with van der Waals surface area (Å²) in [6.45, 7) is 15.0. The topological polar surface area (TPSA) is 105 Å². The molecule has 0 bridgehead atoms. The number of likely N-dealkylation sites (tertiary alicyclic amines) is 1. The smallest absolute Gasteiger partial charge is 0.264 e. The Morgan fingerprint density at radius 2 is 1.69 bits per heavy atom. The molecule has 16 heteroatoms. The number of piperidine rings is 3. The van der Waals surface area contributed by atoms with E-state index in [1.807, 2.05) is 37.5 Å². The molecule has 5 aromatic rings. The molecule has 0 aliphatic carbocycles. The third-order valence-electron chi connectivity index (χ3n) is 16.5. The van der Waals surface area contributed by atoms with E-state index in [1.165, 1.54) is 17.7 Å². The van der Waals surface area contributed by atoms with E-state index in [0.29, 0.717) is 34.3 Å². The van der Waals surface area contributed by atoms with Gasteiger partial charge in [-0.25, -0.2) is 8.78 Å². The Hall–Kier alpha value is -5.30. The van der Waals surface area contributed by atoms with Gasteiger partial charge in [-0.3, -0.25) is 19.2 Å². The van der Waals surface area contributed by atoms with Crippen molar-refractivity contribution >= 4 is 40.4 Å². The Morgan fingerprint density at radius 3 is 2.40 bits per heavy atom. The van der Waals surface area contributed by atoms with E-state index in [-0.39, 0.29) is 11.0 Å². The summed E-state index contributed by atoms with van der Waals surface area (Å²) in [6, 6.07) is 17.3. The third kappa shape index (κ3) is 8.48. The van der Waals surface area contributed by atoms with Crippen molar-refractivity contribution in [1.82, 2.24) is 39.6 Å². The molecule has 4 fully saturated rings. The SMILES string of the molecule is CCN1CCc2c(c(N3CCCc4cc(-c5cnn(C)c5)c(C(F)F)cc43)nn2C2CCN([C@H]3CCCN(c4ccc(N5CCC6(CC5)C[C@H](C)N(c5ccc(C#N)c(Cl)c5)C6)nn4)C3)CC2)C1. The van der Waals surface area contributed by atoms with E-state index in [4.69, 9.17) is 26.9 Å². The zero-order valence-electron chi connectivity index (χ0n) is 39.8. The van der Waals surface area contributed by atoms with Crippen LogP contribution in [0.5, 0.6) is 0 Å². The van der Waals surface area contributed by atoms with Gasteiger partial charge in [-0.1, -0.05) is 18.5 Å². The van der Waals surface area contributed by atoms with Crippen molar-refractivity contribution in [3.8, 4) is 17.2 Å². The summed E-state index contributed by atoms with van der Waals surface area (Å²) in [5.74, 6) is 2.88. The van der Waals surface area contributed by atoms with Crippen LogP contribution in [-0.4, -0.2) is 117 Å². The Kier molecular flexibility index (Phi) is 12.3. The molecule has 0 radical (unpaired) electrons. The number of likely N-dealkylation sites (N-methyl/N-ethyl adjacent to an activating group) is 1.